The number of hydrogen-bond acceptors (Lipinski definition) is 6. The van der Waals surface area contributed by atoms with Gasteiger partial charge in [0.1, 0.15) is 30.3 Å². The van der Waals surface area contributed by atoms with Crippen molar-refractivity contribution >= 4 is 11.7 Å². The van der Waals surface area contributed by atoms with E-state index in [1.807, 2.05) is 54.6 Å². The van der Waals surface area contributed by atoms with Gasteiger partial charge in [0, 0.05) is 24.8 Å². The minimum absolute atomic E-state index is 0.0340. The maximum absolute atomic E-state index is 11.9. The number of rotatable bonds is 11. The summed E-state index contributed by atoms with van der Waals surface area (Å²) in [6.07, 6.45) is 6.99. The van der Waals surface area contributed by atoms with E-state index in [1.54, 1.807) is 6.07 Å². The van der Waals surface area contributed by atoms with E-state index in [0.717, 1.165) is 53.9 Å². The van der Waals surface area contributed by atoms with Gasteiger partial charge in [0.25, 0.3) is 0 Å². The Morgan fingerprint density at radius 2 is 1.74 bits per heavy atom. The molecule has 3 aromatic rings. The molecule has 0 bridgehead atoms. The van der Waals surface area contributed by atoms with Crippen LogP contribution < -0.4 is 20.1 Å². The van der Waals surface area contributed by atoms with E-state index in [4.69, 9.17) is 9.47 Å². The Hall–Kier alpha value is -3.55. The van der Waals surface area contributed by atoms with Gasteiger partial charge in [0.05, 0.1) is 5.56 Å². The summed E-state index contributed by atoms with van der Waals surface area (Å²) in [7, 11) is 0. The predicted octanol–water partition coefficient (Wildman–Crippen LogP) is 5.52. The third kappa shape index (κ3) is 7.31. The number of aromatic carboxylic acids is 1. The van der Waals surface area contributed by atoms with E-state index in [9.17, 15) is 15.0 Å². The van der Waals surface area contributed by atoms with Crippen LogP contribution in [-0.4, -0.2) is 54.1 Å². The quantitative estimate of drug-likeness (QED) is 0.259. The third-order valence-corrected chi connectivity index (χ3v) is 7.58. The molecule has 0 spiro atoms. The number of para-hydroxylation sites is 1. The minimum atomic E-state index is -0.908. The second kappa shape index (κ2) is 13.0. The van der Waals surface area contributed by atoms with Crippen molar-refractivity contribution in [2.45, 2.75) is 63.2 Å². The molecule has 1 aliphatic carbocycles. The van der Waals surface area contributed by atoms with Gasteiger partial charge in [-0.3, -0.25) is 0 Å². The number of carboxylic acids is 1. The van der Waals surface area contributed by atoms with Crippen molar-refractivity contribution in [1.29, 1.82) is 0 Å². The maximum atomic E-state index is 11.9. The van der Waals surface area contributed by atoms with Crippen LogP contribution in [0, 0.1) is 0 Å². The molecule has 39 heavy (non-hydrogen) atoms. The van der Waals surface area contributed by atoms with Gasteiger partial charge < -0.3 is 30.3 Å². The molecule has 1 heterocycles. The summed E-state index contributed by atoms with van der Waals surface area (Å²) in [6.45, 7) is 1.32. The highest BCUT2D eigenvalue weighted by Gasteiger charge is 2.22. The predicted molar refractivity (Wildman–Crippen MR) is 153 cm³/mol. The number of anilines is 1. The molecule has 0 aromatic heterocycles. The van der Waals surface area contributed by atoms with Crippen LogP contribution >= 0.6 is 0 Å². The fourth-order valence-electron chi connectivity index (χ4n) is 5.44. The smallest absolute Gasteiger partial charge is 0.337 e. The van der Waals surface area contributed by atoms with E-state index in [0.29, 0.717) is 30.4 Å². The molecule has 2 atom stereocenters. The summed E-state index contributed by atoms with van der Waals surface area (Å²) in [4.78, 5) is 11.9. The van der Waals surface area contributed by atoms with E-state index < -0.39 is 12.1 Å². The van der Waals surface area contributed by atoms with Gasteiger partial charge in [-0.05, 0) is 78.8 Å². The first kappa shape index (κ1) is 27.0. The number of ether oxygens (including phenoxy) is 2. The number of benzene rings is 3. The first-order chi connectivity index (χ1) is 19.0. The van der Waals surface area contributed by atoms with Crippen molar-refractivity contribution in [3.8, 4) is 22.6 Å². The van der Waals surface area contributed by atoms with Crippen molar-refractivity contribution in [1.82, 2.24) is 5.32 Å². The number of nitrogens with one attached hydrogen (secondary N) is 2. The molecule has 1 fully saturated rings. The first-order valence-corrected chi connectivity index (χ1v) is 14.1. The zero-order valence-electron chi connectivity index (χ0n) is 22.3. The summed E-state index contributed by atoms with van der Waals surface area (Å²) in [5, 5.41) is 26.8. The number of fused-ring (bicyclic) bond motifs is 1. The standard InChI is InChI=1S/C32H38N2O5/c35-26(21-38-27-9-5-2-6-10-27)19-33-20-28-14-11-24-17-22(13-16-31(24)39-28)23-12-15-29(32(36)37)30(18-23)34-25-7-3-1-4-8-25/h2,5-6,9-10,12-13,15-18,25-26,28,33-35H,1,3-4,7-8,11,14,19-21H2,(H,36,37)/t26-,28+/m0/s1. The molecule has 206 valence electrons. The number of aryl methyl sites for hydroxylation is 1. The largest absolute Gasteiger partial charge is 0.491 e. The lowest BCUT2D eigenvalue weighted by Crippen LogP contribution is -2.39. The topological polar surface area (TPSA) is 100 Å². The average molecular weight is 531 g/mol. The average Bonchev–Trinajstić information content (AvgIpc) is 2.97. The molecule has 0 radical (unpaired) electrons. The first-order valence-electron chi connectivity index (χ1n) is 14.1. The molecule has 0 unspecified atom stereocenters. The van der Waals surface area contributed by atoms with Gasteiger partial charge in [-0.1, -0.05) is 49.6 Å². The Kier molecular flexibility index (Phi) is 9.01. The Balaban J connectivity index is 1.16. The van der Waals surface area contributed by atoms with Crippen LogP contribution in [0.15, 0.2) is 66.7 Å². The molecule has 0 amide bonds. The number of hydrogen-bond donors (Lipinski definition) is 4. The van der Waals surface area contributed by atoms with E-state index in [1.165, 1.54) is 19.3 Å². The molecule has 2 aliphatic rings. The highest BCUT2D eigenvalue weighted by Crippen LogP contribution is 2.34. The lowest BCUT2D eigenvalue weighted by Gasteiger charge is -2.27. The molecular weight excluding hydrogens is 492 g/mol. The fraction of sp³-hybridized carbons (Fsp3) is 0.406. The van der Waals surface area contributed by atoms with Crippen LogP contribution in [0.4, 0.5) is 5.69 Å². The van der Waals surface area contributed by atoms with Gasteiger partial charge in [0.15, 0.2) is 0 Å². The highest BCUT2D eigenvalue weighted by atomic mass is 16.5. The fourth-order valence-corrected chi connectivity index (χ4v) is 5.44. The second-order valence-corrected chi connectivity index (χ2v) is 10.6. The zero-order valence-corrected chi connectivity index (χ0v) is 22.3. The Morgan fingerprint density at radius 1 is 0.974 bits per heavy atom. The molecule has 0 saturated heterocycles. The molecule has 3 aromatic carbocycles. The van der Waals surface area contributed by atoms with Gasteiger partial charge in [0.2, 0.25) is 0 Å². The van der Waals surface area contributed by atoms with Gasteiger partial charge in [-0.25, -0.2) is 4.79 Å². The number of aliphatic hydroxyl groups excluding tert-OH is 1. The van der Waals surface area contributed by atoms with Gasteiger partial charge in [-0.2, -0.15) is 0 Å². The summed E-state index contributed by atoms with van der Waals surface area (Å²) in [6, 6.07) is 21.6. The number of aliphatic hydroxyl groups is 1. The van der Waals surface area contributed by atoms with Crippen molar-refractivity contribution in [2.24, 2.45) is 0 Å². The van der Waals surface area contributed by atoms with Crippen molar-refractivity contribution in [3.63, 3.8) is 0 Å². The van der Waals surface area contributed by atoms with E-state index in [2.05, 4.69) is 16.7 Å². The summed E-state index contributed by atoms with van der Waals surface area (Å²) in [5.41, 5.74) is 4.22. The minimum Gasteiger partial charge on any atom is -0.491 e. The van der Waals surface area contributed by atoms with Crippen LogP contribution in [0.3, 0.4) is 0 Å². The number of carbonyl (C=O) groups is 1. The highest BCUT2D eigenvalue weighted by molar-refractivity contribution is 5.95. The lowest BCUT2D eigenvalue weighted by atomic mass is 9.93. The molecule has 7 heteroatoms. The summed E-state index contributed by atoms with van der Waals surface area (Å²) < 4.78 is 11.9. The summed E-state index contributed by atoms with van der Waals surface area (Å²) >= 11 is 0. The lowest BCUT2D eigenvalue weighted by molar-refractivity contribution is 0.0698. The molecule has 1 aliphatic heterocycles. The van der Waals surface area contributed by atoms with E-state index >= 15 is 0 Å². The third-order valence-electron chi connectivity index (χ3n) is 7.58. The molecule has 1 saturated carbocycles. The van der Waals surface area contributed by atoms with Crippen LogP contribution in [0.25, 0.3) is 11.1 Å². The number of carboxylic acid groups (broad SMARTS) is 1. The molecule has 7 nitrogen and oxygen atoms in total. The van der Waals surface area contributed by atoms with E-state index in [-0.39, 0.29) is 12.7 Å². The second-order valence-electron chi connectivity index (χ2n) is 10.6. The molecule has 4 N–H and O–H groups in total. The normalized spacial score (nSPS) is 18.0. The zero-order chi connectivity index (χ0) is 27.0. The van der Waals surface area contributed by atoms with Crippen LogP contribution in [0.2, 0.25) is 0 Å². The van der Waals surface area contributed by atoms with Gasteiger partial charge >= 0.3 is 5.97 Å². The summed E-state index contributed by atoms with van der Waals surface area (Å²) in [5.74, 6) is 0.722. The molecule has 5 rings (SSSR count). The Bertz CT molecular complexity index is 1240. The monoisotopic (exact) mass is 530 g/mol. The SMILES string of the molecule is O=C(O)c1ccc(-c2ccc3c(c2)CC[C@H](CNC[C@H](O)COc2ccccc2)O3)cc1NC1CCCCC1. The maximum Gasteiger partial charge on any atom is 0.337 e. The van der Waals surface area contributed by atoms with Crippen LogP contribution in [0.5, 0.6) is 11.5 Å². The van der Waals surface area contributed by atoms with Crippen molar-refractivity contribution in [3.05, 3.63) is 77.9 Å². The van der Waals surface area contributed by atoms with Gasteiger partial charge in [-0.15, -0.1) is 0 Å². The van der Waals surface area contributed by atoms with Crippen molar-refractivity contribution < 1.29 is 24.5 Å². The molecular formula is C32H38N2O5. The Morgan fingerprint density at radius 3 is 2.54 bits per heavy atom. The van der Waals surface area contributed by atoms with Crippen LogP contribution in [0.1, 0.15) is 54.4 Å². The Labute approximate surface area is 230 Å². The van der Waals surface area contributed by atoms with Crippen LogP contribution in [-0.2, 0) is 6.42 Å². The van der Waals surface area contributed by atoms with Crippen molar-refractivity contribution in [2.75, 3.05) is 25.0 Å².